The first kappa shape index (κ1) is 11.4. The van der Waals surface area contributed by atoms with Crippen LogP contribution in [0.1, 0.15) is 12.0 Å². The van der Waals surface area contributed by atoms with E-state index in [2.05, 4.69) is 5.16 Å². The van der Waals surface area contributed by atoms with Crippen molar-refractivity contribution in [3.63, 3.8) is 0 Å². The van der Waals surface area contributed by atoms with Crippen LogP contribution >= 0.6 is 0 Å². The number of nitrogens with zero attached hydrogens (tertiary/aromatic N) is 3. The van der Waals surface area contributed by atoms with Crippen LogP contribution in [0, 0.1) is 0 Å². The zero-order valence-electron chi connectivity index (χ0n) is 9.92. The number of carbonyl (C=O) groups is 1. The van der Waals surface area contributed by atoms with E-state index in [1.165, 1.54) is 4.90 Å². The topological polar surface area (TPSA) is 56.1 Å². The number of anilines is 1. The molecule has 1 N–H and O–H groups in total. The number of amides is 2. The fraction of sp³-hybridized carbons (Fsp3) is 0.333. The highest BCUT2D eigenvalue weighted by Gasteiger charge is 2.26. The lowest BCUT2D eigenvalue weighted by atomic mass is 10.00. The maximum atomic E-state index is 12.0. The van der Waals surface area contributed by atoms with Crippen LogP contribution in [0.15, 0.2) is 29.4 Å². The van der Waals surface area contributed by atoms with Crippen LogP contribution < -0.4 is 4.90 Å². The summed E-state index contributed by atoms with van der Waals surface area (Å²) in [6, 6.07) is 7.40. The normalized spacial score (nSPS) is 16.8. The molecule has 0 saturated carbocycles. The lowest BCUT2D eigenvalue weighted by molar-refractivity contribution is 0.224. The van der Waals surface area contributed by atoms with Crippen LogP contribution in [0.5, 0.6) is 0 Å². The second-order valence-corrected chi connectivity index (χ2v) is 4.14. The molecule has 0 spiro atoms. The molecule has 1 aromatic rings. The number of rotatable bonds is 0. The van der Waals surface area contributed by atoms with Crippen molar-refractivity contribution in [3.05, 3.63) is 29.8 Å². The molecule has 1 aromatic carbocycles. The van der Waals surface area contributed by atoms with Gasteiger partial charge in [0.1, 0.15) is 0 Å². The lowest BCUT2D eigenvalue weighted by Crippen LogP contribution is -2.43. The Morgan fingerprint density at radius 2 is 2.12 bits per heavy atom. The van der Waals surface area contributed by atoms with Crippen molar-refractivity contribution in [2.45, 2.75) is 6.42 Å². The van der Waals surface area contributed by atoms with Gasteiger partial charge in [-0.05, 0) is 6.07 Å². The molecule has 0 atom stereocenters. The van der Waals surface area contributed by atoms with Gasteiger partial charge in [0.25, 0.3) is 0 Å². The molecule has 17 heavy (non-hydrogen) atoms. The van der Waals surface area contributed by atoms with E-state index in [-0.39, 0.29) is 6.03 Å². The number of oxime groups is 1. The zero-order chi connectivity index (χ0) is 12.4. The van der Waals surface area contributed by atoms with Gasteiger partial charge >= 0.3 is 6.03 Å². The summed E-state index contributed by atoms with van der Waals surface area (Å²) in [6.45, 7) is 0.535. The Morgan fingerprint density at radius 1 is 1.41 bits per heavy atom. The predicted molar refractivity (Wildman–Crippen MR) is 65.8 cm³/mol. The van der Waals surface area contributed by atoms with Crippen molar-refractivity contribution in [2.75, 3.05) is 25.5 Å². The first-order valence-electron chi connectivity index (χ1n) is 5.44. The van der Waals surface area contributed by atoms with Gasteiger partial charge in [-0.3, -0.25) is 4.90 Å². The maximum absolute atomic E-state index is 12.0. The highest BCUT2D eigenvalue weighted by molar-refractivity contribution is 6.10. The van der Waals surface area contributed by atoms with Crippen LogP contribution in [0.2, 0.25) is 0 Å². The average Bonchev–Trinajstić information content (AvgIpc) is 2.36. The summed E-state index contributed by atoms with van der Waals surface area (Å²) < 4.78 is 0. The maximum Gasteiger partial charge on any atom is 0.323 e. The predicted octanol–water partition coefficient (Wildman–Crippen LogP) is 1.76. The molecule has 0 fully saturated rings. The summed E-state index contributed by atoms with van der Waals surface area (Å²) >= 11 is 0. The number of carbonyl (C=O) groups excluding carboxylic acids is 1. The van der Waals surface area contributed by atoms with Crippen molar-refractivity contribution in [1.29, 1.82) is 0 Å². The lowest BCUT2D eigenvalue weighted by Gasteiger charge is -2.31. The standard InChI is InChI=1S/C12H15N3O2/c1-14(2)12(16)15-8-7-10(13-17)9-5-3-4-6-11(9)15/h3-6,17H,7-8H2,1-2H3. The smallest absolute Gasteiger partial charge is 0.323 e. The fourth-order valence-corrected chi connectivity index (χ4v) is 1.97. The summed E-state index contributed by atoms with van der Waals surface area (Å²) in [7, 11) is 3.45. The largest absolute Gasteiger partial charge is 0.411 e. The van der Waals surface area contributed by atoms with E-state index in [0.717, 1.165) is 11.3 Å². The van der Waals surface area contributed by atoms with E-state index >= 15 is 0 Å². The molecule has 5 heteroatoms. The van der Waals surface area contributed by atoms with Crippen LogP contribution in [0.25, 0.3) is 0 Å². The summed E-state index contributed by atoms with van der Waals surface area (Å²) in [5, 5.41) is 12.2. The van der Waals surface area contributed by atoms with Crippen molar-refractivity contribution >= 4 is 17.4 Å². The second kappa shape index (κ2) is 4.45. The monoisotopic (exact) mass is 233 g/mol. The fourth-order valence-electron chi connectivity index (χ4n) is 1.97. The zero-order valence-corrected chi connectivity index (χ0v) is 9.92. The van der Waals surface area contributed by atoms with Gasteiger partial charge in [-0.25, -0.2) is 4.79 Å². The summed E-state index contributed by atoms with van der Waals surface area (Å²) in [5.74, 6) is 0. The number of hydrogen-bond acceptors (Lipinski definition) is 3. The molecule has 1 aliphatic rings. The van der Waals surface area contributed by atoms with E-state index in [4.69, 9.17) is 5.21 Å². The van der Waals surface area contributed by atoms with E-state index in [1.807, 2.05) is 24.3 Å². The molecule has 0 unspecified atom stereocenters. The van der Waals surface area contributed by atoms with Gasteiger partial charge in [0.2, 0.25) is 0 Å². The Morgan fingerprint density at radius 3 is 2.76 bits per heavy atom. The Balaban J connectivity index is 2.45. The van der Waals surface area contributed by atoms with E-state index in [1.54, 1.807) is 19.0 Å². The number of fused-ring (bicyclic) bond motifs is 1. The van der Waals surface area contributed by atoms with Crippen molar-refractivity contribution in [2.24, 2.45) is 5.16 Å². The molecule has 0 radical (unpaired) electrons. The number of para-hydroxylation sites is 1. The van der Waals surface area contributed by atoms with Crippen LogP contribution in [-0.2, 0) is 0 Å². The van der Waals surface area contributed by atoms with E-state index in [0.29, 0.717) is 18.7 Å². The molecule has 5 nitrogen and oxygen atoms in total. The van der Waals surface area contributed by atoms with Crippen LogP contribution in [0.4, 0.5) is 10.5 Å². The molecule has 1 aliphatic heterocycles. The second-order valence-electron chi connectivity index (χ2n) is 4.14. The molecular weight excluding hydrogens is 218 g/mol. The SMILES string of the molecule is CN(C)C(=O)N1CCC(=NO)c2ccccc21. The van der Waals surface area contributed by atoms with Gasteiger partial charge in [0, 0.05) is 32.6 Å². The third-order valence-corrected chi connectivity index (χ3v) is 2.81. The van der Waals surface area contributed by atoms with E-state index < -0.39 is 0 Å². The van der Waals surface area contributed by atoms with Crippen LogP contribution in [0.3, 0.4) is 0 Å². The van der Waals surface area contributed by atoms with Gasteiger partial charge in [-0.2, -0.15) is 0 Å². The summed E-state index contributed by atoms with van der Waals surface area (Å²) in [5.41, 5.74) is 2.24. The quantitative estimate of drug-likeness (QED) is 0.548. The molecule has 2 amide bonds. The van der Waals surface area contributed by atoms with Gasteiger partial charge in [-0.15, -0.1) is 0 Å². The Labute approximate surface area is 99.9 Å². The summed E-state index contributed by atoms with van der Waals surface area (Å²) in [4.78, 5) is 15.2. The van der Waals surface area contributed by atoms with Gasteiger partial charge in [0.05, 0.1) is 11.4 Å². The minimum Gasteiger partial charge on any atom is -0.411 e. The van der Waals surface area contributed by atoms with Gasteiger partial charge < -0.3 is 10.1 Å². The van der Waals surface area contributed by atoms with Gasteiger partial charge in [0.15, 0.2) is 0 Å². The van der Waals surface area contributed by atoms with Gasteiger partial charge in [-0.1, -0.05) is 23.4 Å². The average molecular weight is 233 g/mol. The minimum absolute atomic E-state index is 0.0607. The van der Waals surface area contributed by atoms with E-state index in [9.17, 15) is 4.79 Å². The first-order chi connectivity index (χ1) is 8.15. The molecule has 0 aromatic heterocycles. The highest BCUT2D eigenvalue weighted by atomic mass is 16.4. The number of benzene rings is 1. The molecule has 0 aliphatic carbocycles. The Bertz CT molecular complexity index is 469. The third-order valence-electron chi connectivity index (χ3n) is 2.81. The highest BCUT2D eigenvalue weighted by Crippen LogP contribution is 2.27. The number of hydrogen-bond donors (Lipinski definition) is 1. The molecule has 0 bridgehead atoms. The van der Waals surface area contributed by atoms with Crippen molar-refractivity contribution in [3.8, 4) is 0 Å². The molecule has 0 saturated heterocycles. The number of urea groups is 1. The van der Waals surface area contributed by atoms with Crippen molar-refractivity contribution in [1.82, 2.24) is 4.90 Å². The molecule has 90 valence electrons. The Kier molecular flexibility index (Phi) is 2.99. The first-order valence-corrected chi connectivity index (χ1v) is 5.44. The van der Waals surface area contributed by atoms with Crippen LogP contribution in [-0.4, -0.2) is 42.5 Å². The molecule has 2 rings (SSSR count). The Hall–Kier alpha value is -2.04. The molecular formula is C12H15N3O2. The molecule has 1 heterocycles. The minimum atomic E-state index is -0.0607. The summed E-state index contributed by atoms with van der Waals surface area (Å²) in [6.07, 6.45) is 0.563. The third kappa shape index (κ3) is 1.95. The van der Waals surface area contributed by atoms with Crippen molar-refractivity contribution < 1.29 is 10.0 Å².